The van der Waals surface area contributed by atoms with Crippen molar-refractivity contribution in [3.8, 4) is 11.5 Å². The molecule has 4 nitrogen and oxygen atoms in total. The van der Waals surface area contributed by atoms with Crippen LogP contribution in [0.3, 0.4) is 0 Å². The summed E-state index contributed by atoms with van der Waals surface area (Å²) in [6.07, 6.45) is 1.20. The molecule has 0 heterocycles. The molecule has 0 saturated heterocycles. The number of aliphatic hydroxyl groups is 2. The monoisotopic (exact) mass is 254 g/mol. The molecule has 0 spiro atoms. The molecule has 0 aliphatic heterocycles. The maximum atomic E-state index is 9.12. The SMILES string of the molecule is COc1cc(C(CCO)CCO)c(OC)cc1C. The molecule has 0 unspecified atom stereocenters. The summed E-state index contributed by atoms with van der Waals surface area (Å²) < 4.78 is 10.7. The number of aryl methyl sites for hydroxylation is 1. The van der Waals surface area contributed by atoms with E-state index in [2.05, 4.69) is 0 Å². The van der Waals surface area contributed by atoms with Gasteiger partial charge in [0.15, 0.2) is 0 Å². The minimum atomic E-state index is 0.0736. The highest BCUT2D eigenvalue weighted by atomic mass is 16.5. The molecular formula is C14H22O4. The fraction of sp³-hybridized carbons (Fsp3) is 0.571. The lowest BCUT2D eigenvalue weighted by atomic mass is 9.91. The van der Waals surface area contributed by atoms with Gasteiger partial charge < -0.3 is 19.7 Å². The quantitative estimate of drug-likeness (QED) is 0.779. The fourth-order valence-electron chi connectivity index (χ4n) is 2.16. The van der Waals surface area contributed by atoms with Gasteiger partial charge in [-0.2, -0.15) is 0 Å². The molecule has 18 heavy (non-hydrogen) atoms. The molecule has 0 bridgehead atoms. The molecule has 1 rings (SSSR count). The first-order valence-electron chi connectivity index (χ1n) is 6.12. The van der Waals surface area contributed by atoms with E-state index in [4.69, 9.17) is 19.7 Å². The Kier molecular flexibility index (Phi) is 5.95. The van der Waals surface area contributed by atoms with Crippen LogP contribution >= 0.6 is 0 Å². The molecule has 0 amide bonds. The van der Waals surface area contributed by atoms with Crippen molar-refractivity contribution in [1.29, 1.82) is 0 Å². The lowest BCUT2D eigenvalue weighted by Gasteiger charge is -2.20. The third-order valence-electron chi connectivity index (χ3n) is 3.14. The van der Waals surface area contributed by atoms with E-state index in [0.29, 0.717) is 12.8 Å². The number of methoxy groups -OCH3 is 2. The van der Waals surface area contributed by atoms with Crippen LogP contribution in [0.2, 0.25) is 0 Å². The van der Waals surface area contributed by atoms with Gasteiger partial charge in [0, 0.05) is 18.8 Å². The largest absolute Gasteiger partial charge is 0.496 e. The van der Waals surface area contributed by atoms with Crippen LogP contribution in [0.1, 0.15) is 29.9 Å². The molecule has 102 valence electrons. The summed E-state index contributed by atoms with van der Waals surface area (Å²) in [7, 11) is 3.26. The number of hydrogen-bond acceptors (Lipinski definition) is 4. The number of hydrogen-bond donors (Lipinski definition) is 2. The summed E-state index contributed by atoms with van der Waals surface area (Å²) in [5, 5.41) is 18.2. The van der Waals surface area contributed by atoms with Crippen LogP contribution in [-0.4, -0.2) is 37.6 Å². The van der Waals surface area contributed by atoms with E-state index >= 15 is 0 Å². The molecule has 0 radical (unpaired) electrons. The Morgan fingerprint density at radius 3 is 2.00 bits per heavy atom. The van der Waals surface area contributed by atoms with Gasteiger partial charge in [0.2, 0.25) is 0 Å². The highest BCUT2D eigenvalue weighted by Crippen LogP contribution is 2.36. The average Bonchev–Trinajstić information content (AvgIpc) is 2.38. The number of ether oxygens (including phenoxy) is 2. The number of aliphatic hydroxyl groups excluding tert-OH is 2. The Hall–Kier alpha value is -1.26. The fourth-order valence-corrected chi connectivity index (χ4v) is 2.16. The van der Waals surface area contributed by atoms with E-state index in [-0.39, 0.29) is 19.1 Å². The molecule has 1 aromatic rings. The third-order valence-corrected chi connectivity index (χ3v) is 3.14. The lowest BCUT2D eigenvalue weighted by molar-refractivity contribution is 0.240. The van der Waals surface area contributed by atoms with E-state index in [0.717, 1.165) is 22.6 Å². The van der Waals surface area contributed by atoms with E-state index in [1.165, 1.54) is 0 Å². The summed E-state index contributed by atoms with van der Waals surface area (Å²) in [5.41, 5.74) is 1.98. The Morgan fingerprint density at radius 2 is 1.56 bits per heavy atom. The first kappa shape index (κ1) is 14.8. The van der Waals surface area contributed by atoms with Crippen molar-refractivity contribution >= 4 is 0 Å². The van der Waals surface area contributed by atoms with Crippen LogP contribution in [0.4, 0.5) is 0 Å². The Bertz CT molecular complexity index is 370. The summed E-state index contributed by atoms with van der Waals surface area (Å²) in [6.45, 7) is 2.13. The molecule has 0 saturated carbocycles. The number of benzene rings is 1. The van der Waals surface area contributed by atoms with E-state index in [9.17, 15) is 0 Å². The van der Waals surface area contributed by atoms with E-state index in [1.807, 2.05) is 19.1 Å². The second-order valence-corrected chi connectivity index (χ2v) is 4.29. The lowest BCUT2D eigenvalue weighted by Crippen LogP contribution is -2.07. The third kappa shape index (κ3) is 3.37. The predicted molar refractivity (Wildman–Crippen MR) is 70.4 cm³/mol. The van der Waals surface area contributed by atoms with Gasteiger partial charge in [-0.1, -0.05) is 0 Å². The van der Waals surface area contributed by atoms with Gasteiger partial charge in [-0.05, 0) is 43.4 Å². The first-order valence-corrected chi connectivity index (χ1v) is 6.12. The van der Waals surface area contributed by atoms with Crippen LogP contribution < -0.4 is 9.47 Å². The van der Waals surface area contributed by atoms with E-state index in [1.54, 1.807) is 14.2 Å². The topological polar surface area (TPSA) is 58.9 Å². The van der Waals surface area contributed by atoms with Crippen molar-refractivity contribution in [3.05, 3.63) is 23.3 Å². The van der Waals surface area contributed by atoms with Crippen molar-refractivity contribution < 1.29 is 19.7 Å². The Balaban J connectivity index is 3.16. The minimum absolute atomic E-state index is 0.0736. The number of rotatable bonds is 7. The van der Waals surface area contributed by atoms with Crippen LogP contribution in [0.25, 0.3) is 0 Å². The van der Waals surface area contributed by atoms with Crippen LogP contribution in [0.15, 0.2) is 12.1 Å². The van der Waals surface area contributed by atoms with Gasteiger partial charge in [0.05, 0.1) is 14.2 Å². The van der Waals surface area contributed by atoms with Crippen molar-refractivity contribution in [1.82, 2.24) is 0 Å². The summed E-state index contributed by atoms with van der Waals surface area (Å²) in [6, 6.07) is 3.86. The van der Waals surface area contributed by atoms with Crippen LogP contribution in [0.5, 0.6) is 11.5 Å². The molecule has 0 aromatic heterocycles. The Morgan fingerprint density at radius 1 is 1.00 bits per heavy atom. The van der Waals surface area contributed by atoms with Crippen molar-refractivity contribution in [2.45, 2.75) is 25.7 Å². The molecular weight excluding hydrogens is 232 g/mol. The van der Waals surface area contributed by atoms with Crippen LogP contribution in [-0.2, 0) is 0 Å². The molecule has 4 heteroatoms. The second kappa shape index (κ2) is 7.24. The van der Waals surface area contributed by atoms with Crippen molar-refractivity contribution in [3.63, 3.8) is 0 Å². The summed E-state index contributed by atoms with van der Waals surface area (Å²) in [5.74, 6) is 1.65. The van der Waals surface area contributed by atoms with Gasteiger partial charge in [-0.15, -0.1) is 0 Å². The zero-order chi connectivity index (χ0) is 13.5. The van der Waals surface area contributed by atoms with Gasteiger partial charge in [0.1, 0.15) is 11.5 Å². The summed E-state index contributed by atoms with van der Waals surface area (Å²) in [4.78, 5) is 0. The molecule has 0 fully saturated rings. The van der Waals surface area contributed by atoms with Gasteiger partial charge in [-0.3, -0.25) is 0 Å². The maximum Gasteiger partial charge on any atom is 0.122 e. The summed E-state index contributed by atoms with van der Waals surface area (Å²) >= 11 is 0. The molecule has 0 aliphatic carbocycles. The minimum Gasteiger partial charge on any atom is -0.496 e. The maximum absolute atomic E-state index is 9.12. The van der Waals surface area contributed by atoms with Gasteiger partial charge >= 0.3 is 0 Å². The van der Waals surface area contributed by atoms with Crippen LogP contribution in [0, 0.1) is 6.92 Å². The normalized spacial score (nSPS) is 10.8. The zero-order valence-corrected chi connectivity index (χ0v) is 11.3. The standard InChI is InChI=1S/C14H22O4/c1-10-8-14(18-3)12(9-13(10)17-2)11(4-6-15)5-7-16/h8-9,11,15-16H,4-7H2,1-3H3. The Labute approximate surface area is 108 Å². The van der Waals surface area contributed by atoms with Crippen molar-refractivity contribution in [2.75, 3.05) is 27.4 Å². The molecule has 0 atom stereocenters. The van der Waals surface area contributed by atoms with Gasteiger partial charge in [-0.25, -0.2) is 0 Å². The molecule has 2 N–H and O–H groups in total. The second-order valence-electron chi connectivity index (χ2n) is 4.29. The van der Waals surface area contributed by atoms with Crippen molar-refractivity contribution in [2.24, 2.45) is 0 Å². The average molecular weight is 254 g/mol. The highest BCUT2D eigenvalue weighted by Gasteiger charge is 2.17. The zero-order valence-electron chi connectivity index (χ0n) is 11.3. The molecule has 0 aliphatic rings. The first-order chi connectivity index (χ1) is 8.67. The van der Waals surface area contributed by atoms with Gasteiger partial charge in [0.25, 0.3) is 0 Å². The highest BCUT2D eigenvalue weighted by molar-refractivity contribution is 5.47. The predicted octanol–water partition coefficient (Wildman–Crippen LogP) is 1.86. The molecule has 1 aromatic carbocycles. The smallest absolute Gasteiger partial charge is 0.122 e. The van der Waals surface area contributed by atoms with E-state index < -0.39 is 0 Å².